The minimum atomic E-state index is 0. The average molecular weight is 499 g/mol. The molecule has 6 nitrogen and oxygen atoms in total. The van der Waals surface area contributed by atoms with Crippen LogP contribution >= 0.6 is 24.0 Å². The topological polar surface area (TPSA) is 63.0 Å². The number of ether oxygens (including phenoxy) is 1. The smallest absolute Gasteiger partial charge is 0.191 e. The first-order valence-electron chi connectivity index (χ1n) is 10.4. The van der Waals surface area contributed by atoms with E-state index in [9.17, 15) is 0 Å². The molecule has 0 saturated heterocycles. The molecule has 1 aliphatic rings. The number of aromatic nitrogens is 2. The molecule has 1 aliphatic carbocycles. The zero-order valence-electron chi connectivity index (χ0n) is 16.9. The largest absolute Gasteiger partial charge is 0.378 e. The molecule has 0 aliphatic heterocycles. The summed E-state index contributed by atoms with van der Waals surface area (Å²) in [6.45, 7) is 5.36. The van der Waals surface area contributed by atoms with Gasteiger partial charge in [0.1, 0.15) is 5.65 Å². The van der Waals surface area contributed by atoms with Crippen molar-refractivity contribution in [3.63, 3.8) is 0 Å². The number of nitrogens with zero attached hydrogens (tertiary/aromatic N) is 3. The van der Waals surface area contributed by atoms with E-state index in [-0.39, 0.29) is 24.0 Å². The van der Waals surface area contributed by atoms with Crippen LogP contribution in [0.5, 0.6) is 0 Å². The molecule has 1 fully saturated rings. The minimum absolute atomic E-state index is 0. The second kappa shape index (κ2) is 13.0. The fraction of sp³-hybridized carbons (Fsp3) is 0.619. The number of guanidine groups is 1. The number of hydrogen-bond donors (Lipinski definition) is 2. The first-order valence-corrected chi connectivity index (χ1v) is 10.4. The van der Waals surface area contributed by atoms with E-state index in [0.717, 1.165) is 56.4 Å². The number of nitrogens with one attached hydrogen (secondary N) is 2. The molecule has 2 heterocycles. The summed E-state index contributed by atoms with van der Waals surface area (Å²) in [4.78, 5) is 9.29. The molecule has 28 heavy (non-hydrogen) atoms. The Kier molecular flexibility index (Phi) is 10.6. The minimum Gasteiger partial charge on any atom is -0.378 e. The summed E-state index contributed by atoms with van der Waals surface area (Å²) in [6.07, 6.45) is 12.9. The van der Waals surface area contributed by atoms with Crippen LogP contribution in [0.25, 0.3) is 5.65 Å². The van der Waals surface area contributed by atoms with Crippen molar-refractivity contribution in [1.29, 1.82) is 0 Å². The summed E-state index contributed by atoms with van der Waals surface area (Å²) in [7, 11) is 0. The summed E-state index contributed by atoms with van der Waals surface area (Å²) < 4.78 is 8.03. The first-order chi connectivity index (χ1) is 13.3. The predicted molar refractivity (Wildman–Crippen MR) is 126 cm³/mol. The quantitative estimate of drug-likeness (QED) is 0.239. The van der Waals surface area contributed by atoms with Crippen LogP contribution in [0.1, 0.15) is 51.1 Å². The number of imidazole rings is 1. The normalized spacial score (nSPS) is 15.4. The van der Waals surface area contributed by atoms with E-state index in [0.29, 0.717) is 6.10 Å². The van der Waals surface area contributed by atoms with Crippen LogP contribution in [0.2, 0.25) is 0 Å². The zero-order valence-corrected chi connectivity index (χ0v) is 19.2. The third-order valence-corrected chi connectivity index (χ3v) is 4.91. The lowest BCUT2D eigenvalue weighted by molar-refractivity contribution is 0.0281. The number of pyridine rings is 1. The first kappa shape index (κ1) is 22.9. The van der Waals surface area contributed by atoms with E-state index >= 15 is 0 Å². The molecule has 0 bridgehead atoms. The Morgan fingerprint density at radius 3 is 2.89 bits per heavy atom. The van der Waals surface area contributed by atoms with Crippen LogP contribution < -0.4 is 10.6 Å². The third-order valence-electron chi connectivity index (χ3n) is 4.91. The molecule has 2 aromatic rings. The summed E-state index contributed by atoms with van der Waals surface area (Å²) >= 11 is 0. The van der Waals surface area contributed by atoms with Gasteiger partial charge in [0.25, 0.3) is 0 Å². The van der Waals surface area contributed by atoms with Crippen molar-refractivity contribution in [2.24, 2.45) is 4.99 Å². The molecule has 7 heteroatoms. The van der Waals surface area contributed by atoms with Gasteiger partial charge in [-0.25, -0.2) is 4.98 Å². The second-order valence-electron chi connectivity index (χ2n) is 7.12. The molecule has 1 saturated carbocycles. The Morgan fingerprint density at radius 1 is 1.25 bits per heavy atom. The highest BCUT2D eigenvalue weighted by Gasteiger charge is 2.12. The molecule has 0 aromatic carbocycles. The maximum atomic E-state index is 5.97. The lowest BCUT2D eigenvalue weighted by atomic mass is 9.98. The van der Waals surface area contributed by atoms with Crippen molar-refractivity contribution in [2.45, 2.75) is 58.0 Å². The van der Waals surface area contributed by atoms with Gasteiger partial charge < -0.3 is 19.8 Å². The highest BCUT2D eigenvalue weighted by atomic mass is 127. The Bertz CT molecular complexity index is 679. The molecular weight excluding hydrogens is 465 g/mol. The molecule has 0 radical (unpaired) electrons. The lowest BCUT2D eigenvalue weighted by Gasteiger charge is -2.21. The standard InChI is InChI=1S/C21H33N5O.HI/c1-2-22-21(23-13-8-16-27-19-9-4-3-5-10-19)24-14-12-18-17-26-15-7-6-11-20(26)25-18;/h6-7,11,15,17,19H,2-5,8-10,12-14,16H2,1H3,(H2,22,23,24);1H. The third kappa shape index (κ3) is 7.58. The summed E-state index contributed by atoms with van der Waals surface area (Å²) in [5.41, 5.74) is 2.08. The molecule has 2 N–H and O–H groups in total. The number of fused-ring (bicyclic) bond motifs is 1. The number of halogens is 1. The van der Waals surface area contributed by atoms with Gasteiger partial charge in [-0.2, -0.15) is 0 Å². The Hall–Kier alpha value is -1.35. The average Bonchev–Trinajstić information content (AvgIpc) is 3.11. The maximum absolute atomic E-state index is 5.97. The predicted octanol–water partition coefficient (Wildman–Crippen LogP) is 3.79. The monoisotopic (exact) mass is 499 g/mol. The highest BCUT2D eigenvalue weighted by Crippen LogP contribution is 2.20. The van der Waals surface area contributed by atoms with E-state index in [4.69, 9.17) is 4.74 Å². The number of rotatable bonds is 9. The Labute approximate surface area is 185 Å². The van der Waals surface area contributed by atoms with E-state index in [1.165, 1.54) is 32.1 Å². The van der Waals surface area contributed by atoms with E-state index in [1.807, 2.05) is 24.4 Å². The van der Waals surface area contributed by atoms with Gasteiger partial charge >= 0.3 is 0 Å². The second-order valence-corrected chi connectivity index (χ2v) is 7.12. The fourth-order valence-electron chi connectivity index (χ4n) is 3.50. The van der Waals surface area contributed by atoms with Gasteiger partial charge in [0, 0.05) is 45.1 Å². The summed E-state index contributed by atoms with van der Waals surface area (Å²) in [5.74, 6) is 0.874. The SMILES string of the molecule is CCNC(=NCCCOC1CCCCC1)NCCc1cn2ccccc2n1.I. The van der Waals surface area contributed by atoms with Crippen LogP contribution in [0.15, 0.2) is 35.6 Å². The molecule has 156 valence electrons. The number of aliphatic imine (C=N–C) groups is 1. The van der Waals surface area contributed by atoms with Gasteiger partial charge in [-0.05, 0) is 38.3 Å². The van der Waals surface area contributed by atoms with Gasteiger partial charge in [0.15, 0.2) is 5.96 Å². The van der Waals surface area contributed by atoms with Gasteiger partial charge in [-0.1, -0.05) is 25.3 Å². The van der Waals surface area contributed by atoms with Crippen molar-refractivity contribution < 1.29 is 4.74 Å². The van der Waals surface area contributed by atoms with Crippen LogP contribution in [0.3, 0.4) is 0 Å². The highest BCUT2D eigenvalue weighted by molar-refractivity contribution is 14.0. The van der Waals surface area contributed by atoms with Crippen LogP contribution in [0.4, 0.5) is 0 Å². The van der Waals surface area contributed by atoms with Gasteiger partial charge in [-0.3, -0.25) is 4.99 Å². The van der Waals surface area contributed by atoms with Crippen LogP contribution in [-0.2, 0) is 11.2 Å². The zero-order chi connectivity index (χ0) is 18.7. The van der Waals surface area contributed by atoms with Gasteiger partial charge in [-0.15, -0.1) is 24.0 Å². The molecule has 0 amide bonds. The number of hydrogen-bond acceptors (Lipinski definition) is 3. The van der Waals surface area contributed by atoms with Crippen LogP contribution in [0, 0.1) is 0 Å². The van der Waals surface area contributed by atoms with Crippen molar-refractivity contribution in [3.05, 3.63) is 36.3 Å². The van der Waals surface area contributed by atoms with Gasteiger partial charge in [0.05, 0.1) is 11.8 Å². The lowest BCUT2D eigenvalue weighted by Crippen LogP contribution is -2.38. The molecular formula is C21H34IN5O. The molecule has 0 unspecified atom stereocenters. The molecule has 3 rings (SSSR count). The summed E-state index contributed by atoms with van der Waals surface area (Å²) in [6, 6.07) is 6.06. The van der Waals surface area contributed by atoms with Crippen molar-refractivity contribution in [1.82, 2.24) is 20.0 Å². The van der Waals surface area contributed by atoms with Crippen molar-refractivity contribution in [2.75, 3.05) is 26.2 Å². The van der Waals surface area contributed by atoms with Crippen molar-refractivity contribution in [3.8, 4) is 0 Å². The van der Waals surface area contributed by atoms with E-state index in [1.54, 1.807) is 0 Å². The Morgan fingerprint density at radius 2 is 2.11 bits per heavy atom. The van der Waals surface area contributed by atoms with E-state index in [2.05, 4.69) is 38.1 Å². The van der Waals surface area contributed by atoms with Crippen molar-refractivity contribution >= 4 is 35.6 Å². The van der Waals surface area contributed by atoms with E-state index < -0.39 is 0 Å². The molecule has 0 spiro atoms. The molecule has 0 atom stereocenters. The maximum Gasteiger partial charge on any atom is 0.191 e. The fourth-order valence-corrected chi connectivity index (χ4v) is 3.50. The molecule has 2 aromatic heterocycles. The Balaban J connectivity index is 0.00000280. The van der Waals surface area contributed by atoms with Gasteiger partial charge in [0.2, 0.25) is 0 Å². The van der Waals surface area contributed by atoms with Crippen LogP contribution in [-0.4, -0.2) is 47.7 Å². The summed E-state index contributed by atoms with van der Waals surface area (Å²) in [5, 5.41) is 6.71.